The first-order valence-electron chi connectivity index (χ1n) is 10.6. The van der Waals surface area contributed by atoms with Crippen molar-refractivity contribution in [3.63, 3.8) is 0 Å². The zero-order valence-electron chi connectivity index (χ0n) is 18.6. The number of rotatable bonds is 7. The molecule has 7 nitrogen and oxygen atoms in total. The van der Waals surface area contributed by atoms with Gasteiger partial charge in [0.25, 0.3) is 17.7 Å². The zero-order valence-corrected chi connectivity index (χ0v) is 19.3. The predicted molar refractivity (Wildman–Crippen MR) is 132 cm³/mol. The first kappa shape index (κ1) is 23.1. The molecule has 0 fully saturated rings. The minimum Gasteiger partial charge on any atom is -0.497 e. The van der Waals surface area contributed by atoms with Crippen LogP contribution in [0.2, 0.25) is 0 Å². The lowest BCUT2D eigenvalue weighted by atomic mass is 10.1. The Morgan fingerprint density at radius 1 is 0.941 bits per heavy atom. The Bertz CT molecular complexity index is 1280. The molecule has 0 bridgehead atoms. The Morgan fingerprint density at radius 3 is 2.29 bits per heavy atom. The molecule has 2 N–H and O–H groups in total. The van der Waals surface area contributed by atoms with Gasteiger partial charge in [0, 0.05) is 16.9 Å². The topological polar surface area (TPSA) is 87.7 Å². The molecular weight excluding hydrogens is 454 g/mol. The molecule has 1 aliphatic heterocycles. The van der Waals surface area contributed by atoms with Gasteiger partial charge in [-0.05, 0) is 66.6 Å². The van der Waals surface area contributed by atoms with Crippen molar-refractivity contribution in [3.8, 4) is 5.75 Å². The van der Waals surface area contributed by atoms with E-state index in [0.717, 1.165) is 16.9 Å². The minimum absolute atomic E-state index is 0.0426. The predicted octanol–water partition coefficient (Wildman–Crippen LogP) is 4.95. The second kappa shape index (κ2) is 9.80. The molecule has 0 radical (unpaired) electrons. The van der Waals surface area contributed by atoms with E-state index in [-0.39, 0.29) is 16.6 Å². The maximum Gasteiger partial charge on any atom is 0.283 e. The van der Waals surface area contributed by atoms with Crippen LogP contribution >= 0.6 is 11.6 Å². The van der Waals surface area contributed by atoms with Crippen molar-refractivity contribution >= 4 is 46.4 Å². The Hall–Kier alpha value is -4.10. The van der Waals surface area contributed by atoms with Crippen LogP contribution in [0.25, 0.3) is 0 Å². The maximum atomic E-state index is 13.0. The Balaban J connectivity index is 1.50. The average Bonchev–Trinajstić information content (AvgIpc) is 3.07. The number of amides is 3. The van der Waals surface area contributed by atoms with E-state index in [9.17, 15) is 14.4 Å². The summed E-state index contributed by atoms with van der Waals surface area (Å²) >= 11 is 6.23. The smallest absolute Gasteiger partial charge is 0.283 e. The van der Waals surface area contributed by atoms with Gasteiger partial charge in [0.15, 0.2) is 0 Å². The molecule has 0 aromatic heterocycles. The summed E-state index contributed by atoms with van der Waals surface area (Å²) in [5.41, 5.74) is 2.90. The third-order valence-corrected chi connectivity index (χ3v) is 5.72. The lowest BCUT2D eigenvalue weighted by molar-refractivity contribution is -0.120. The van der Waals surface area contributed by atoms with Gasteiger partial charge in [-0.3, -0.25) is 14.4 Å². The summed E-state index contributed by atoms with van der Waals surface area (Å²) in [6, 6.07) is 20.7. The number of benzene rings is 3. The van der Waals surface area contributed by atoms with E-state index < -0.39 is 11.8 Å². The fourth-order valence-electron chi connectivity index (χ4n) is 3.49. The molecule has 0 atom stereocenters. The first-order chi connectivity index (χ1) is 16.4. The highest BCUT2D eigenvalue weighted by atomic mass is 35.5. The van der Waals surface area contributed by atoms with Gasteiger partial charge in [-0.15, -0.1) is 0 Å². The molecule has 3 aromatic rings. The van der Waals surface area contributed by atoms with Gasteiger partial charge in [-0.25, -0.2) is 4.90 Å². The lowest BCUT2D eigenvalue weighted by Gasteiger charge is -2.15. The van der Waals surface area contributed by atoms with Crippen molar-refractivity contribution in [2.75, 3.05) is 22.6 Å². The number of carbonyl (C=O) groups excluding carboxylic acids is 3. The molecule has 1 heterocycles. The number of hydrogen-bond acceptors (Lipinski definition) is 5. The van der Waals surface area contributed by atoms with Crippen molar-refractivity contribution < 1.29 is 19.1 Å². The highest BCUT2D eigenvalue weighted by molar-refractivity contribution is 6.53. The largest absolute Gasteiger partial charge is 0.497 e. The van der Waals surface area contributed by atoms with Crippen molar-refractivity contribution in [2.45, 2.75) is 13.3 Å². The molecule has 0 aliphatic carbocycles. The normalized spacial score (nSPS) is 13.3. The highest BCUT2D eigenvalue weighted by Gasteiger charge is 2.38. The number of aryl methyl sites for hydroxylation is 1. The monoisotopic (exact) mass is 475 g/mol. The third kappa shape index (κ3) is 4.65. The van der Waals surface area contributed by atoms with Gasteiger partial charge in [0.2, 0.25) is 0 Å². The van der Waals surface area contributed by atoms with E-state index in [2.05, 4.69) is 10.6 Å². The molecule has 3 amide bonds. The Morgan fingerprint density at radius 2 is 1.65 bits per heavy atom. The lowest BCUT2D eigenvalue weighted by Crippen LogP contribution is -2.32. The Labute approximate surface area is 202 Å². The van der Waals surface area contributed by atoms with E-state index in [1.807, 2.05) is 19.1 Å². The van der Waals surface area contributed by atoms with Crippen LogP contribution in [0.3, 0.4) is 0 Å². The van der Waals surface area contributed by atoms with Gasteiger partial charge in [-0.1, -0.05) is 36.7 Å². The summed E-state index contributed by atoms with van der Waals surface area (Å²) in [5.74, 6) is -0.819. The third-order valence-electron chi connectivity index (χ3n) is 5.37. The van der Waals surface area contributed by atoms with Crippen LogP contribution < -0.4 is 20.3 Å². The molecule has 34 heavy (non-hydrogen) atoms. The van der Waals surface area contributed by atoms with Crippen molar-refractivity contribution in [3.05, 3.63) is 94.7 Å². The minimum atomic E-state index is -0.605. The standard InChI is InChI=1S/C26H22ClN3O4/c1-3-16-7-11-20(12-8-16)30-25(32)22(27)23(26(30)33)28-19-6-4-5-17(15-19)24(31)29-18-9-13-21(34-2)14-10-18/h4-15,28H,3H2,1-2H3,(H,29,31). The fraction of sp³-hybridized carbons (Fsp3) is 0.115. The molecule has 0 spiro atoms. The van der Waals surface area contributed by atoms with Crippen molar-refractivity contribution in [1.82, 2.24) is 0 Å². The first-order valence-corrected chi connectivity index (χ1v) is 11.0. The van der Waals surface area contributed by atoms with E-state index >= 15 is 0 Å². The summed E-state index contributed by atoms with van der Waals surface area (Å²) in [7, 11) is 1.57. The van der Waals surface area contributed by atoms with E-state index in [1.54, 1.807) is 67.8 Å². The number of ether oxygens (including phenoxy) is 1. The van der Waals surface area contributed by atoms with Crippen LogP contribution in [-0.2, 0) is 16.0 Å². The number of imide groups is 1. The average molecular weight is 476 g/mol. The second-order valence-corrected chi connectivity index (χ2v) is 7.92. The zero-order chi connectivity index (χ0) is 24.2. The van der Waals surface area contributed by atoms with Crippen LogP contribution in [-0.4, -0.2) is 24.8 Å². The van der Waals surface area contributed by atoms with Crippen LogP contribution in [0.4, 0.5) is 17.1 Å². The summed E-state index contributed by atoms with van der Waals surface area (Å²) < 4.78 is 5.12. The molecule has 4 rings (SSSR count). The summed E-state index contributed by atoms with van der Waals surface area (Å²) in [6.07, 6.45) is 0.844. The van der Waals surface area contributed by atoms with Crippen molar-refractivity contribution in [2.24, 2.45) is 0 Å². The molecular formula is C26H22ClN3O4. The van der Waals surface area contributed by atoms with E-state index in [4.69, 9.17) is 16.3 Å². The maximum absolute atomic E-state index is 13.0. The van der Waals surface area contributed by atoms with Gasteiger partial charge < -0.3 is 15.4 Å². The van der Waals surface area contributed by atoms with Gasteiger partial charge >= 0.3 is 0 Å². The number of nitrogens with zero attached hydrogens (tertiary/aromatic N) is 1. The number of carbonyl (C=O) groups is 3. The molecule has 0 unspecified atom stereocenters. The fourth-order valence-corrected chi connectivity index (χ4v) is 3.70. The van der Waals surface area contributed by atoms with Gasteiger partial charge in [0.05, 0.1) is 12.8 Å². The highest BCUT2D eigenvalue weighted by Crippen LogP contribution is 2.30. The van der Waals surface area contributed by atoms with Crippen LogP contribution in [0.15, 0.2) is 83.5 Å². The number of halogens is 1. The summed E-state index contributed by atoms with van der Waals surface area (Å²) in [4.78, 5) is 39.4. The number of methoxy groups -OCH3 is 1. The molecule has 0 saturated carbocycles. The Kier molecular flexibility index (Phi) is 6.65. The second-order valence-electron chi connectivity index (χ2n) is 7.54. The molecule has 0 saturated heterocycles. The van der Waals surface area contributed by atoms with Crippen LogP contribution in [0.1, 0.15) is 22.8 Å². The number of anilines is 3. The SMILES string of the molecule is CCc1ccc(N2C(=O)C(Cl)=C(Nc3cccc(C(=O)Nc4ccc(OC)cc4)c3)C2=O)cc1. The number of hydrogen-bond donors (Lipinski definition) is 2. The summed E-state index contributed by atoms with van der Waals surface area (Å²) in [6.45, 7) is 2.02. The van der Waals surface area contributed by atoms with Gasteiger partial charge in [-0.2, -0.15) is 0 Å². The molecule has 1 aliphatic rings. The van der Waals surface area contributed by atoms with Crippen LogP contribution in [0.5, 0.6) is 5.75 Å². The van der Waals surface area contributed by atoms with Gasteiger partial charge in [0.1, 0.15) is 16.5 Å². The van der Waals surface area contributed by atoms with E-state index in [0.29, 0.717) is 28.4 Å². The number of nitrogens with one attached hydrogen (secondary N) is 2. The molecule has 8 heteroatoms. The van der Waals surface area contributed by atoms with E-state index in [1.165, 1.54) is 0 Å². The molecule has 172 valence electrons. The van der Waals surface area contributed by atoms with Crippen molar-refractivity contribution in [1.29, 1.82) is 0 Å². The van der Waals surface area contributed by atoms with Crippen LogP contribution in [0, 0.1) is 0 Å². The molecule has 3 aromatic carbocycles. The quantitative estimate of drug-likeness (QED) is 0.472. The summed E-state index contributed by atoms with van der Waals surface area (Å²) in [5, 5.41) is 5.50.